The number of nitrogens with zero attached hydrogens (tertiary/aromatic N) is 3. The van der Waals surface area contributed by atoms with Crippen molar-refractivity contribution in [3.63, 3.8) is 0 Å². The lowest BCUT2D eigenvalue weighted by atomic mass is 9.87. The molecule has 1 amide bonds. The third-order valence-electron chi connectivity index (χ3n) is 10.7. The van der Waals surface area contributed by atoms with Gasteiger partial charge in [-0.15, -0.1) is 11.3 Å². The number of carbonyl (C=O) groups is 3. The topological polar surface area (TPSA) is 102 Å². The van der Waals surface area contributed by atoms with Gasteiger partial charge in [0.1, 0.15) is 5.82 Å². The van der Waals surface area contributed by atoms with Crippen LogP contribution in [0.5, 0.6) is 0 Å². The summed E-state index contributed by atoms with van der Waals surface area (Å²) in [7, 11) is 0. The van der Waals surface area contributed by atoms with Crippen molar-refractivity contribution in [1.29, 1.82) is 0 Å². The first-order chi connectivity index (χ1) is 25.2. The number of benzene rings is 3. The highest BCUT2D eigenvalue weighted by Crippen LogP contribution is 2.33. The van der Waals surface area contributed by atoms with E-state index in [1.807, 2.05) is 30.3 Å². The van der Waals surface area contributed by atoms with Gasteiger partial charge in [-0.3, -0.25) is 29.1 Å². The average molecular weight is 747 g/mol. The molecule has 274 valence electrons. The Balaban J connectivity index is 1.04. The number of piperazine rings is 1. The summed E-state index contributed by atoms with van der Waals surface area (Å²) in [6, 6.07) is 20.2. The van der Waals surface area contributed by atoms with E-state index < -0.39 is 24.2 Å². The Labute approximate surface area is 312 Å². The number of thiophene rings is 1. The number of fused-ring (bicyclic) bond motifs is 1. The van der Waals surface area contributed by atoms with Crippen LogP contribution in [0.1, 0.15) is 60.0 Å². The fraction of sp³-hybridized carbons (Fsp3) is 0.425. The van der Waals surface area contributed by atoms with Gasteiger partial charge >= 0.3 is 5.97 Å². The van der Waals surface area contributed by atoms with E-state index in [0.717, 1.165) is 49.2 Å². The van der Waals surface area contributed by atoms with Crippen LogP contribution in [0.4, 0.5) is 10.1 Å². The fourth-order valence-corrected chi connectivity index (χ4v) is 9.02. The van der Waals surface area contributed by atoms with Crippen molar-refractivity contribution in [2.45, 2.75) is 70.0 Å². The van der Waals surface area contributed by atoms with Crippen LogP contribution in [0.25, 0.3) is 10.1 Å². The lowest BCUT2D eigenvalue weighted by molar-refractivity contribution is -0.200. The quantitative estimate of drug-likeness (QED) is 0.156. The molecule has 0 radical (unpaired) electrons. The molecule has 2 aliphatic heterocycles. The third-order valence-corrected chi connectivity index (χ3v) is 12.0. The predicted molar refractivity (Wildman–Crippen MR) is 201 cm³/mol. The number of likely N-dealkylation sites (tertiary alicyclic amines) is 1. The van der Waals surface area contributed by atoms with E-state index in [9.17, 15) is 19.5 Å². The number of aliphatic carboxylic acids is 1. The van der Waals surface area contributed by atoms with Crippen molar-refractivity contribution in [3.8, 4) is 0 Å². The maximum absolute atomic E-state index is 15.6. The monoisotopic (exact) mass is 746 g/mol. The Kier molecular flexibility index (Phi) is 11.6. The SMILES string of the molecule is O=C(Nc1cc(F)c(CC(=O)[C@@H]2CCCN2[C@@H](OC2CCC(C(=O)O)CC2)N2CCN(Cc3ccccc3)CC2)cc1Cl)c1csc2ccccc12. The summed E-state index contributed by atoms with van der Waals surface area (Å²) < 4.78 is 23.4. The average Bonchev–Trinajstić information content (AvgIpc) is 3.82. The van der Waals surface area contributed by atoms with Gasteiger partial charge in [0.05, 0.1) is 34.3 Å². The molecule has 0 bridgehead atoms. The Hall–Kier alpha value is -3.71. The van der Waals surface area contributed by atoms with Crippen LogP contribution in [-0.4, -0.2) is 88.7 Å². The maximum atomic E-state index is 15.6. The van der Waals surface area contributed by atoms with Gasteiger partial charge in [0.25, 0.3) is 5.91 Å². The van der Waals surface area contributed by atoms with E-state index in [-0.39, 0.29) is 46.4 Å². The summed E-state index contributed by atoms with van der Waals surface area (Å²) in [5, 5.41) is 15.0. The minimum atomic E-state index is -0.756. The molecule has 9 nitrogen and oxygen atoms in total. The third kappa shape index (κ3) is 8.40. The van der Waals surface area contributed by atoms with Crippen LogP contribution >= 0.6 is 22.9 Å². The molecule has 3 aliphatic rings. The number of ether oxygens (including phenoxy) is 1. The second kappa shape index (κ2) is 16.5. The predicted octanol–water partition coefficient (Wildman–Crippen LogP) is 7.28. The van der Waals surface area contributed by atoms with E-state index in [1.165, 1.54) is 29.0 Å². The van der Waals surface area contributed by atoms with Gasteiger partial charge in [0, 0.05) is 61.2 Å². The number of nitrogens with one attached hydrogen (secondary N) is 1. The van der Waals surface area contributed by atoms with Crippen LogP contribution < -0.4 is 5.32 Å². The number of Topliss-reactive ketones (excluding diaryl/α,β-unsaturated/α-hetero) is 1. The molecule has 3 heterocycles. The molecule has 1 aliphatic carbocycles. The Morgan fingerprint density at radius 3 is 2.42 bits per heavy atom. The summed E-state index contributed by atoms with van der Waals surface area (Å²) in [5.74, 6) is -2.20. The van der Waals surface area contributed by atoms with Crippen LogP contribution in [0.2, 0.25) is 5.02 Å². The van der Waals surface area contributed by atoms with Gasteiger partial charge in [0.15, 0.2) is 12.1 Å². The molecule has 1 saturated carbocycles. The Bertz CT molecular complexity index is 1890. The minimum Gasteiger partial charge on any atom is -0.481 e. The first-order valence-electron chi connectivity index (χ1n) is 18.2. The molecule has 3 aromatic carbocycles. The largest absolute Gasteiger partial charge is 0.481 e. The van der Waals surface area contributed by atoms with Gasteiger partial charge in [-0.2, -0.15) is 0 Å². The molecule has 0 spiro atoms. The molecule has 1 aromatic heterocycles. The van der Waals surface area contributed by atoms with Gasteiger partial charge in [0.2, 0.25) is 0 Å². The molecule has 0 unspecified atom stereocenters. The molecule has 2 N–H and O–H groups in total. The zero-order valence-electron chi connectivity index (χ0n) is 29.0. The number of ketones is 1. The smallest absolute Gasteiger partial charge is 0.306 e. The lowest BCUT2D eigenvalue weighted by Crippen LogP contribution is -2.59. The van der Waals surface area contributed by atoms with Crippen molar-refractivity contribution in [2.75, 3.05) is 38.0 Å². The Morgan fingerprint density at radius 2 is 1.67 bits per heavy atom. The number of carbonyl (C=O) groups excluding carboxylic acids is 2. The van der Waals surface area contributed by atoms with Crippen LogP contribution in [-0.2, 0) is 27.3 Å². The van der Waals surface area contributed by atoms with E-state index in [1.54, 1.807) is 5.38 Å². The standard InChI is InChI=1S/C40H44ClFN4O5S/c41-32-21-28(33(42)23-34(32)43-38(48)31-25-52-37-11-5-4-9-30(31)37)22-36(47)35-10-6-16-46(35)40(51-29-14-12-27(13-15-29)39(49)50)45-19-17-44(18-20-45)24-26-7-2-1-3-8-26/h1-5,7-9,11,21,23,25,27,29,35,40H,6,10,12-20,22,24H2,(H,43,48)(H,49,50)/t27?,29?,35-,40-/m0/s1. The maximum Gasteiger partial charge on any atom is 0.306 e. The number of hydrogen-bond acceptors (Lipinski definition) is 8. The summed E-state index contributed by atoms with van der Waals surface area (Å²) in [6.45, 7) is 4.76. The highest BCUT2D eigenvalue weighted by Gasteiger charge is 2.41. The van der Waals surface area contributed by atoms with Crippen molar-refractivity contribution in [2.24, 2.45) is 5.92 Å². The Morgan fingerprint density at radius 1 is 0.942 bits per heavy atom. The number of halogens is 2. The van der Waals surface area contributed by atoms with Crippen molar-refractivity contribution >= 4 is 56.4 Å². The summed E-state index contributed by atoms with van der Waals surface area (Å²) in [4.78, 5) is 45.6. The first kappa shape index (κ1) is 36.6. The van der Waals surface area contributed by atoms with Crippen molar-refractivity contribution < 1.29 is 28.6 Å². The van der Waals surface area contributed by atoms with Crippen molar-refractivity contribution in [1.82, 2.24) is 14.7 Å². The molecule has 7 rings (SSSR count). The molecule has 3 fully saturated rings. The molecule has 2 saturated heterocycles. The van der Waals surface area contributed by atoms with Crippen LogP contribution in [0.15, 0.2) is 72.1 Å². The van der Waals surface area contributed by atoms with E-state index in [2.05, 4.69) is 44.3 Å². The number of rotatable bonds is 12. The summed E-state index contributed by atoms with van der Waals surface area (Å²) >= 11 is 8.04. The molecule has 12 heteroatoms. The molecule has 4 aromatic rings. The summed E-state index contributed by atoms with van der Waals surface area (Å²) in [5.41, 5.74) is 2.08. The number of anilines is 1. The van der Waals surface area contributed by atoms with Gasteiger partial charge < -0.3 is 15.2 Å². The molecular weight excluding hydrogens is 703 g/mol. The van der Waals surface area contributed by atoms with E-state index in [0.29, 0.717) is 44.2 Å². The van der Waals surface area contributed by atoms with E-state index >= 15 is 4.39 Å². The molecule has 2 atom stereocenters. The minimum absolute atomic E-state index is 0.106. The zero-order valence-corrected chi connectivity index (χ0v) is 30.6. The lowest BCUT2D eigenvalue weighted by Gasteiger charge is -2.45. The number of hydrogen-bond donors (Lipinski definition) is 2. The van der Waals surface area contributed by atoms with Crippen molar-refractivity contribution in [3.05, 3.63) is 99.6 Å². The zero-order chi connectivity index (χ0) is 36.2. The van der Waals surface area contributed by atoms with E-state index in [4.69, 9.17) is 16.3 Å². The fourth-order valence-electron chi connectivity index (χ4n) is 7.84. The number of amides is 1. The number of carboxylic acids is 1. The first-order valence-corrected chi connectivity index (χ1v) is 19.4. The van der Waals surface area contributed by atoms with Gasteiger partial charge in [-0.05, 0) is 67.9 Å². The molecule has 52 heavy (non-hydrogen) atoms. The van der Waals surface area contributed by atoms with Crippen LogP contribution in [0.3, 0.4) is 0 Å². The normalized spacial score (nSPS) is 22.4. The summed E-state index contributed by atoms with van der Waals surface area (Å²) in [6.07, 6.45) is 3.20. The van der Waals surface area contributed by atoms with Crippen LogP contribution in [0, 0.1) is 11.7 Å². The molecular formula is C40H44ClFN4O5S. The number of carboxylic acid groups (broad SMARTS) is 1. The van der Waals surface area contributed by atoms with Gasteiger partial charge in [-0.25, -0.2) is 4.39 Å². The van der Waals surface area contributed by atoms with Gasteiger partial charge in [-0.1, -0.05) is 60.1 Å². The highest BCUT2D eigenvalue weighted by atomic mass is 35.5. The highest BCUT2D eigenvalue weighted by molar-refractivity contribution is 7.17. The second-order valence-electron chi connectivity index (χ2n) is 14.1. The second-order valence-corrected chi connectivity index (χ2v) is 15.5.